The summed E-state index contributed by atoms with van der Waals surface area (Å²) in [6.45, 7) is 5.80. The van der Waals surface area contributed by atoms with E-state index < -0.39 is 10.0 Å². The molecule has 3 aromatic rings. The van der Waals surface area contributed by atoms with Gasteiger partial charge in [0.25, 0.3) is 5.69 Å². The summed E-state index contributed by atoms with van der Waals surface area (Å²) in [5, 5.41) is 11.8. The summed E-state index contributed by atoms with van der Waals surface area (Å²) >= 11 is 0. The van der Waals surface area contributed by atoms with Crippen molar-refractivity contribution in [1.29, 1.82) is 0 Å². The van der Waals surface area contributed by atoms with Gasteiger partial charge in [-0.05, 0) is 23.3 Å². The monoisotopic (exact) mass is 535 g/mol. The summed E-state index contributed by atoms with van der Waals surface area (Å²) in [5.41, 5.74) is 3.66. The number of nitro groups is 1. The summed E-state index contributed by atoms with van der Waals surface area (Å²) in [5.74, 6) is -0.00816. The molecule has 0 saturated carbocycles. The third kappa shape index (κ3) is 6.15. The van der Waals surface area contributed by atoms with Crippen LogP contribution in [-0.2, 0) is 22.3 Å². The molecule has 0 bridgehead atoms. The van der Waals surface area contributed by atoms with Crippen molar-refractivity contribution in [1.82, 2.24) is 9.21 Å². The zero-order valence-corrected chi connectivity index (χ0v) is 22.2. The van der Waals surface area contributed by atoms with E-state index in [1.165, 1.54) is 5.56 Å². The van der Waals surface area contributed by atoms with Crippen LogP contribution in [0.1, 0.15) is 11.1 Å². The lowest BCUT2D eigenvalue weighted by atomic mass is 10.1. The van der Waals surface area contributed by atoms with Crippen LogP contribution < -0.4 is 9.80 Å². The maximum atomic E-state index is 12.9. The van der Waals surface area contributed by atoms with Gasteiger partial charge in [-0.25, -0.2) is 8.42 Å². The molecule has 38 heavy (non-hydrogen) atoms. The van der Waals surface area contributed by atoms with Gasteiger partial charge in [-0.3, -0.25) is 15.0 Å². The Hall–Kier alpha value is -3.47. The Kier molecular flexibility index (Phi) is 7.92. The van der Waals surface area contributed by atoms with Gasteiger partial charge in [-0.15, -0.1) is 0 Å². The molecule has 5 rings (SSSR count). The van der Waals surface area contributed by atoms with Crippen LogP contribution in [0, 0.1) is 10.1 Å². The second kappa shape index (κ2) is 11.5. The molecule has 0 atom stereocenters. The molecule has 2 aliphatic rings. The minimum Gasteiger partial charge on any atom is -0.369 e. The first-order valence-electron chi connectivity index (χ1n) is 13.0. The number of anilines is 2. The normalized spacial score (nSPS) is 17.5. The molecule has 3 aromatic carbocycles. The molecular weight excluding hydrogens is 502 g/mol. The Bertz CT molecular complexity index is 1340. The fourth-order valence-electron chi connectivity index (χ4n) is 5.21. The minimum absolute atomic E-state index is 0.00816. The van der Waals surface area contributed by atoms with Crippen LogP contribution in [0.3, 0.4) is 0 Å². The number of hydrogen-bond acceptors (Lipinski definition) is 7. The van der Waals surface area contributed by atoms with E-state index in [2.05, 4.69) is 26.8 Å². The number of nitro benzene ring substituents is 1. The lowest BCUT2D eigenvalue weighted by molar-refractivity contribution is -0.384. The number of benzene rings is 3. The molecule has 200 valence electrons. The molecule has 0 spiro atoms. The van der Waals surface area contributed by atoms with Gasteiger partial charge >= 0.3 is 0 Å². The largest absolute Gasteiger partial charge is 0.369 e. The molecule has 0 radical (unpaired) electrons. The molecular formula is C28H33N5O4S. The van der Waals surface area contributed by atoms with Gasteiger partial charge < -0.3 is 9.80 Å². The Morgan fingerprint density at radius 2 is 1.29 bits per heavy atom. The van der Waals surface area contributed by atoms with E-state index in [1.807, 2.05) is 54.6 Å². The highest BCUT2D eigenvalue weighted by Gasteiger charge is 2.29. The predicted octanol–water partition coefficient (Wildman–Crippen LogP) is 3.57. The standard InChI is InChI=1S/C28H33N5O4S/c34-33(35)27-12-11-26(21-28(27)31-15-13-29(14-16-31)22-24-7-3-1-4-8-24)30-17-19-32(20-18-30)38(36,37)23-25-9-5-2-6-10-25/h1-12,21H,13-20,22-23H2. The van der Waals surface area contributed by atoms with Crippen LogP contribution in [0.4, 0.5) is 17.1 Å². The predicted molar refractivity (Wildman–Crippen MR) is 150 cm³/mol. The zero-order valence-electron chi connectivity index (χ0n) is 21.4. The van der Waals surface area contributed by atoms with Crippen molar-refractivity contribution in [2.24, 2.45) is 0 Å². The van der Waals surface area contributed by atoms with Gasteiger partial charge in [-0.1, -0.05) is 60.7 Å². The number of nitrogens with zero attached hydrogens (tertiary/aromatic N) is 5. The maximum absolute atomic E-state index is 12.9. The van der Waals surface area contributed by atoms with Crippen LogP contribution >= 0.6 is 0 Å². The van der Waals surface area contributed by atoms with Crippen molar-refractivity contribution in [2.75, 3.05) is 62.2 Å². The first kappa shape index (κ1) is 26.1. The van der Waals surface area contributed by atoms with Crippen LogP contribution in [-0.4, -0.2) is 74.9 Å². The van der Waals surface area contributed by atoms with Gasteiger partial charge in [-0.2, -0.15) is 4.31 Å². The molecule has 2 fully saturated rings. The number of rotatable bonds is 8. The van der Waals surface area contributed by atoms with Crippen LogP contribution in [0.5, 0.6) is 0 Å². The number of sulfonamides is 1. The fourth-order valence-corrected chi connectivity index (χ4v) is 6.72. The second-order valence-electron chi connectivity index (χ2n) is 9.81. The van der Waals surface area contributed by atoms with E-state index in [9.17, 15) is 18.5 Å². The highest BCUT2D eigenvalue weighted by atomic mass is 32.2. The zero-order chi connectivity index (χ0) is 26.5. The first-order chi connectivity index (χ1) is 18.4. The minimum atomic E-state index is -3.41. The molecule has 2 aliphatic heterocycles. The topological polar surface area (TPSA) is 90.2 Å². The molecule has 10 heteroatoms. The summed E-state index contributed by atoms with van der Waals surface area (Å²) in [6, 6.07) is 24.8. The highest BCUT2D eigenvalue weighted by Crippen LogP contribution is 2.34. The summed E-state index contributed by atoms with van der Waals surface area (Å²) < 4.78 is 27.4. The highest BCUT2D eigenvalue weighted by molar-refractivity contribution is 7.88. The lowest BCUT2D eigenvalue weighted by Gasteiger charge is -2.37. The molecule has 2 saturated heterocycles. The summed E-state index contributed by atoms with van der Waals surface area (Å²) in [7, 11) is -3.41. The van der Waals surface area contributed by atoms with Gasteiger partial charge in [0.2, 0.25) is 10.0 Å². The molecule has 0 amide bonds. The quantitative estimate of drug-likeness (QED) is 0.322. The summed E-state index contributed by atoms with van der Waals surface area (Å²) in [4.78, 5) is 18.1. The molecule has 9 nitrogen and oxygen atoms in total. The van der Waals surface area contributed by atoms with Crippen LogP contribution in [0.2, 0.25) is 0 Å². The van der Waals surface area contributed by atoms with E-state index in [4.69, 9.17) is 0 Å². The third-order valence-electron chi connectivity index (χ3n) is 7.31. The fraction of sp³-hybridized carbons (Fsp3) is 0.357. The smallest absolute Gasteiger partial charge is 0.292 e. The van der Waals surface area contributed by atoms with E-state index in [0.29, 0.717) is 45.0 Å². The maximum Gasteiger partial charge on any atom is 0.292 e. The third-order valence-corrected chi connectivity index (χ3v) is 9.16. The van der Waals surface area contributed by atoms with Gasteiger partial charge in [0.05, 0.1) is 10.7 Å². The van der Waals surface area contributed by atoms with Crippen molar-refractivity contribution >= 4 is 27.1 Å². The Morgan fingerprint density at radius 1 is 0.711 bits per heavy atom. The Morgan fingerprint density at radius 3 is 1.89 bits per heavy atom. The van der Waals surface area contributed by atoms with Crippen molar-refractivity contribution in [3.8, 4) is 0 Å². The van der Waals surface area contributed by atoms with Crippen molar-refractivity contribution in [2.45, 2.75) is 12.3 Å². The Balaban J connectivity index is 1.24. The number of piperazine rings is 2. The summed E-state index contributed by atoms with van der Waals surface area (Å²) in [6.07, 6.45) is 0. The van der Waals surface area contributed by atoms with E-state index in [-0.39, 0.29) is 16.4 Å². The van der Waals surface area contributed by atoms with Crippen molar-refractivity contribution in [3.05, 3.63) is 100 Å². The average molecular weight is 536 g/mol. The van der Waals surface area contributed by atoms with E-state index >= 15 is 0 Å². The van der Waals surface area contributed by atoms with Gasteiger partial charge in [0.1, 0.15) is 5.69 Å². The molecule has 0 aliphatic carbocycles. The SMILES string of the molecule is O=[N+]([O-])c1ccc(N2CCN(S(=O)(=O)Cc3ccccc3)CC2)cc1N1CCN(Cc2ccccc2)CC1. The molecule has 0 N–H and O–H groups in total. The molecule has 0 aromatic heterocycles. The van der Waals surface area contributed by atoms with Gasteiger partial charge in [0, 0.05) is 70.7 Å². The van der Waals surface area contributed by atoms with Crippen molar-refractivity contribution in [3.63, 3.8) is 0 Å². The first-order valence-corrected chi connectivity index (χ1v) is 14.6. The van der Waals surface area contributed by atoms with E-state index in [0.717, 1.165) is 30.9 Å². The number of hydrogen-bond donors (Lipinski definition) is 0. The van der Waals surface area contributed by atoms with Crippen molar-refractivity contribution < 1.29 is 13.3 Å². The molecule has 0 unspecified atom stereocenters. The van der Waals surface area contributed by atoms with Crippen LogP contribution in [0.25, 0.3) is 0 Å². The average Bonchev–Trinajstić information content (AvgIpc) is 2.94. The molecule has 2 heterocycles. The van der Waals surface area contributed by atoms with E-state index in [1.54, 1.807) is 16.4 Å². The second-order valence-corrected chi connectivity index (χ2v) is 11.8. The lowest BCUT2D eigenvalue weighted by Crippen LogP contribution is -2.49. The van der Waals surface area contributed by atoms with Gasteiger partial charge in [0.15, 0.2) is 0 Å². The van der Waals surface area contributed by atoms with Crippen LogP contribution in [0.15, 0.2) is 78.9 Å². The Labute approximate surface area is 224 Å².